The minimum Gasteiger partial charge on any atom is -0.465 e. The third kappa shape index (κ3) is 4.37. The zero-order valence-electron chi connectivity index (χ0n) is 21.9. The third-order valence-electron chi connectivity index (χ3n) is 7.91. The number of benzene rings is 4. The van der Waals surface area contributed by atoms with Crippen LogP contribution in [-0.4, -0.2) is 13.1 Å². The first-order valence-electron chi connectivity index (χ1n) is 12.7. The lowest BCUT2D eigenvalue weighted by Crippen LogP contribution is -2.33. The molecule has 0 saturated carbocycles. The molecule has 0 unspecified atom stereocenters. The van der Waals surface area contributed by atoms with Gasteiger partial charge in [0.25, 0.3) is 0 Å². The van der Waals surface area contributed by atoms with Gasteiger partial charge in [0.15, 0.2) is 0 Å². The monoisotopic (exact) mass is 474 g/mol. The number of hydrogen-bond donors (Lipinski definition) is 0. The van der Waals surface area contributed by atoms with Gasteiger partial charge in [-0.3, -0.25) is 0 Å². The zero-order valence-corrected chi connectivity index (χ0v) is 21.9. The van der Waals surface area contributed by atoms with Gasteiger partial charge in [-0.1, -0.05) is 100 Å². The molecule has 2 nitrogen and oxygen atoms in total. The average molecular weight is 475 g/mol. The van der Waals surface area contributed by atoms with Crippen molar-refractivity contribution in [3.05, 3.63) is 108 Å². The average Bonchev–Trinajstić information content (AvgIpc) is 2.91. The molecule has 0 heterocycles. The Morgan fingerprint density at radius 3 is 1.89 bits per heavy atom. The first-order chi connectivity index (χ1) is 17.2. The molecule has 1 aliphatic rings. The minimum absolute atomic E-state index is 0.148. The molecule has 2 heteroatoms. The predicted octanol–water partition coefficient (Wildman–Crippen LogP) is 8.82. The van der Waals surface area contributed by atoms with Gasteiger partial charge in [0, 0.05) is 0 Å². The van der Waals surface area contributed by atoms with Gasteiger partial charge in [0.1, 0.15) is 0 Å². The van der Waals surface area contributed by atoms with E-state index in [1.165, 1.54) is 53.3 Å². The Bertz CT molecular complexity index is 1410. The molecule has 0 atom stereocenters. The van der Waals surface area contributed by atoms with Gasteiger partial charge in [0.2, 0.25) is 0 Å². The van der Waals surface area contributed by atoms with Crippen LogP contribution in [0.15, 0.2) is 91.0 Å². The smallest absolute Gasteiger partial charge is 0.337 e. The summed E-state index contributed by atoms with van der Waals surface area (Å²) in [7, 11) is 1.41. The topological polar surface area (TPSA) is 26.3 Å². The van der Waals surface area contributed by atoms with E-state index in [1.807, 2.05) is 24.3 Å². The fourth-order valence-corrected chi connectivity index (χ4v) is 5.50. The SMILES string of the molecule is COC(=O)c1ccc(-c2ccc(-c3ccccc3)c(-c3ccc4c(c3)C(C)(C)CCC4(C)C)c2)cc1. The van der Waals surface area contributed by atoms with Crippen LogP contribution in [0.2, 0.25) is 0 Å². The number of rotatable bonds is 4. The van der Waals surface area contributed by atoms with Crippen molar-refractivity contribution in [1.29, 1.82) is 0 Å². The predicted molar refractivity (Wildman–Crippen MR) is 149 cm³/mol. The van der Waals surface area contributed by atoms with Crippen molar-refractivity contribution in [1.82, 2.24) is 0 Å². The van der Waals surface area contributed by atoms with Crippen LogP contribution < -0.4 is 0 Å². The number of hydrogen-bond acceptors (Lipinski definition) is 2. The van der Waals surface area contributed by atoms with Gasteiger partial charge in [-0.15, -0.1) is 0 Å². The van der Waals surface area contributed by atoms with Crippen molar-refractivity contribution in [2.75, 3.05) is 7.11 Å². The number of ether oxygens (including phenoxy) is 1. The first kappa shape index (κ1) is 24.1. The molecule has 0 aromatic heterocycles. The van der Waals surface area contributed by atoms with Crippen molar-refractivity contribution in [2.24, 2.45) is 0 Å². The fourth-order valence-electron chi connectivity index (χ4n) is 5.50. The Balaban J connectivity index is 1.67. The van der Waals surface area contributed by atoms with Crippen LogP contribution in [0.4, 0.5) is 0 Å². The molecule has 1 aliphatic carbocycles. The van der Waals surface area contributed by atoms with Crippen molar-refractivity contribution >= 4 is 5.97 Å². The summed E-state index contributed by atoms with van der Waals surface area (Å²) in [5.41, 5.74) is 10.9. The lowest BCUT2D eigenvalue weighted by molar-refractivity contribution is 0.0600. The van der Waals surface area contributed by atoms with Crippen LogP contribution in [-0.2, 0) is 15.6 Å². The summed E-state index contributed by atoms with van der Waals surface area (Å²) in [6.07, 6.45) is 2.40. The number of carbonyl (C=O) groups excluding carboxylic acids is 1. The molecule has 182 valence electrons. The maximum Gasteiger partial charge on any atom is 0.337 e. The van der Waals surface area contributed by atoms with Crippen LogP contribution in [0.25, 0.3) is 33.4 Å². The molecule has 0 fully saturated rings. The zero-order chi connectivity index (χ0) is 25.5. The van der Waals surface area contributed by atoms with E-state index in [0.29, 0.717) is 5.56 Å². The molecule has 0 N–H and O–H groups in total. The van der Waals surface area contributed by atoms with E-state index < -0.39 is 0 Å². The van der Waals surface area contributed by atoms with Crippen LogP contribution >= 0.6 is 0 Å². The lowest BCUT2D eigenvalue weighted by Gasteiger charge is -2.42. The van der Waals surface area contributed by atoms with E-state index in [4.69, 9.17) is 4.74 Å². The molecule has 0 amide bonds. The van der Waals surface area contributed by atoms with Crippen LogP contribution in [0.3, 0.4) is 0 Å². The molecule has 4 aromatic carbocycles. The van der Waals surface area contributed by atoms with Gasteiger partial charge in [-0.05, 0) is 86.4 Å². The van der Waals surface area contributed by atoms with E-state index in [0.717, 1.165) is 11.1 Å². The lowest BCUT2D eigenvalue weighted by atomic mass is 9.63. The molecule has 36 heavy (non-hydrogen) atoms. The summed E-state index contributed by atoms with van der Waals surface area (Å²) >= 11 is 0. The molecule has 0 saturated heterocycles. The number of esters is 1. The van der Waals surface area contributed by atoms with Gasteiger partial charge < -0.3 is 4.74 Å². The van der Waals surface area contributed by atoms with Crippen molar-refractivity contribution in [2.45, 2.75) is 51.4 Å². The Morgan fingerprint density at radius 1 is 0.611 bits per heavy atom. The van der Waals surface area contributed by atoms with Crippen LogP contribution in [0, 0.1) is 0 Å². The normalized spacial score (nSPS) is 15.7. The van der Waals surface area contributed by atoms with E-state index in [1.54, 1.807) is 0 Å². The second-order valence-electron chi connectivity index (χ2n) is 11.2. The molecule has 5 rings (SSSR count). The number of methoxy groups -OCH3 is 1. The maximum atomic E-state index is 11.9. The largest absolute Gasteiger partial charge is 0.465 e. The Hall–Kier alpha value is -3.65. The Kier molecular flexibility index (Phi) is 6.08. The highest BCUT2D eigenvalue weighted by molar-refractivity contribution is 5.91. The summed E-state index contributed by atoms with van der Waals surface area (Å²) in [4.78, 5) is 11.9. The van der Waals surface area contributed by atoms with E-state index in [-0.39, 0.29) is 16.8 Å². The second-order valence-corrected chi connectivity index (χ2v) is 11.2. The molecule has 4 aromatic rings. The molecule has 0 spiro atoms. The summed E-state index contributed by atoms with van der Waals surface area (Å²) in [6, 6.07) is 32.0. The highest BCUT2D eigenvalue weighted by Gasteiger charge is 2.37. The van der Waals surface area contributed by atoms with E-state index >= 15 is 0 Å². The van der Waals surface area contributed by atoms with Gasteiger partial charge in [0.05, 0.1) is 12.7 Å². The van der Waals surface area contributed by atoms with E-state index in [9.17, 15) is 4.79 Å². The highest BCUT2D eigenvalue weighted by atomic mass is 16.5. The first-order valence-corrected chi connectivity index (χ1v) is 12.7. The maximum absolute atomic E-state index is 11.9. The minimum atomic E-state index is -0.318. The fraction of sp³-hybridized carbons (Fsp3) is 0.265. The molecule has 0 radical (unpaired) electrons. The summed E-state index contributed by atoms with van der Waals surface area (Å²) in [5, 5.41) is 0. The van der Waals surface area contributed by atoms with Crippen molar-refractivity contribution < 1.29 is 9.53 Å². The molecular weight excluding hydrogens is 440 g/mol. The quantitative estimate of drug-likeness (QED) is 0.276. The Labute approximate surface area is 215 Å². The van der Waals surface area contributed by atoms with Crippen molar-refractivity contribution in [3.63, 3.8) is 0 Å². The van der Waals surface area contributed by atoms with Gasteiger partial charge in [-0.2, -0.15) is 0 Å². The second kappa shape index (κ2) is 9.09. The molecule has 0 aliphatic heterocycles. The molecule has 0 bridgehead atoms. The van der Waals surface area contributed by atoms with Crippen LogP contribution in [0.5, 0.6) is 0 Å². The standard InChI is InChI=1S/C34H34O2/c1-33(2)19-20-34(3,4)31-22-27(16-18-30(31)33)29-21-26(15-17-28(29)24-9-7-6-8-10-24)23-11-13-25(14-12-23)32(35)36-5/h6-18,21-22H,19-20H2,1-5H3. The van der Waals surface area contributed by atoms with Gasteiger partial charge in [-0.25, -0.2) is 4.79 Å². The van der Waals surface area contributed by atoms with Crippen LogP contribution in [0.1, 0.15) is 62.0 Å². The number of carbonyl (C=O) groups is 1. The van der Waals surface area contributed by atoms with Gasteiger partial charge >= 0.3 is 5.97 Å². The summed E-state index contributed by atoms with van der Waals surface area (Å²) in [6.45, 7) is 9.49. The van der Waals surface area contributed by atoms with E-state index in [2.05, 4.69) is 94.4 Å². The molecular formula is C34H34O2. The number of fused-ring (bicyclic) bond motifs is 1. The van der Waals surface area contributed by atoms with Crippen molar-refractivity contribution in [3.8, 4) is 33.4 Å². The highest BCUT2D eigenvalue weighted by Crippen LogP contribution is 2.47. The third-order valence-corrected chi connectivity index (χ3v) is 7.91. The summed E-state index contributed by atoms with van der Waals surface area (Å²) < 4.78 is 4.86. The summed E-state index contributed by atoms with van der Waals surface area (Å²) in [5.74, 6) is -0.318. The Morgan fingerprint density at radius 2 is 1.22 bits per heavy atom.